The number of nitrogens with zero attached hydrogens (tertiary/aromatic N) is 2. The van der Waals surface area contributed by atoms with E-state index in [0.717, 1.165) is 6.54 Å². The van der Waals surface area contributed by atoms with Crippen molar-refractivity contribution in [1.82, 2.24) is 15.1 Å². The number of hydrogen-bond acceptors (Lipinski definition) is 3. The Morgan fingerprint density at radius 1 is 1.62 bits per heavy atom. The van der Waals surface area contributed by atoms with Crippen LogP contribution in [0.25, 0.3) is 0 Å². The molecule has 1 fully saturated rings. The summed E-state index contributed by atoms with van der Waals surface area (Å²) in [4.78, 5) is 13.7. The van der Waals surface area contributed by atoms with Crippen molar-refractivity contribution in [1.29, 1.82) is 0 Å². The smallest absolute Gasteiger partial charge is 0.258 e. The van der Waals surface area contributed by atoms with Gasteiger partial charge in [0.2, 0.25) is 0 Å². The number of amides is 1. The van der Waals surface area contributed by atoms with Crippen LogP contribution in [-0.4, -0.2) is 34.6 Å². The Labute approximate surface area is 95.0 Å². The van der Waals surface area contributed by atoms with E-state index in [0.29, 0.717) is 17.3 Å². The van der Waals surface area contributed by atoms with E-state index in [1.807, 2.05) is 7.05 Å². The zero-order chi connectivity index (χ0) is 11.5. The first kappa shape index (κ1) is 11.0. The van der Waals surface area contributed by atoms with Gasteiger partial charge >= 0.3 is 0 Å². The molecule has 0 radical (unpaired) electrons. The molecule has 0 spiro atoms. The number of H-pyrrole nitrogens is 1. The molecule has 1 aliphatic carbocycles. The quantitative estimate of drug-likeness (QED) is 0.808. The van der Waals surface area contributed by atoms with Crippen LogP contribution in [0.2, 0.25) is 0 Å². The number of carbonyl (C=O) groups is 1. The Bertz CT molecular complexity index is 368. The number of rotatable bonds is 3. The normalized spacial score (nSPS) is 16.6. The zero-order valence-electron chi connectivity index (χ0n) is 9.57. The van der Waals surface area contributed by atoms with Gasteiger partial charge in [0, 0.05) is 13.6 Å². The second-order valence-corrected chi connectivity index (χ2v) is 4.53. The van der Waals surface area contributed by atoms with Crippen LogP contribution in [-0.2, 0) is 0 Å². The van der Waals surface area contributed by atoms with Crippen molar-refractivity contribution in [3.05, 3.63) is 11.8 Å². The molecule has 0 unspecified atom stereocenters. The molecule has 1 saturated carbocycles. The lowest BCUT2D eigenvalue weighted by atomic mass is 10.1. The maximum Gasteiger partial charge on any atom is 0.258 e. The van der Waals surface area contributed by atoms with Crippen molar-refractivity contribution in [3.63, 3.8) is 0 Å². The lowest BCUT2D eigenvalue weighted by molar-refractivity contribution is 0.0774. The summed E-state index contributed by atoms with van der Waals surface area (Å²) in [5, 5.41) is 6.34. The molecule has 0 aromatic carbocycles. The van der Waals surface area contributed by atoms with Crippen LogP contribution in [0.3, 0.4) is 0 Å². The third-order valence-corrected chi connectivity index (χ3v) is 3.25. The highest BCUT2D eigenvalue weighted by atomic mass is 16.2. The van der Waals surface area contributed by atoms with E-state index >= 15 is 0 Å². The van der Waals surface area contributed by atoms with Gasteiger partial charge in [-0.2, -0.15) is 5.10 Å². The van der Waals surface area contributed by atoms with Crippen molar-refractivity contribution < 1.29 is 4.79 Å². The minimum atomic E-state index is -0.0434. The van der Waals surface area contributed by atoms with Crippen molar-refractivity contribution in [2.24, 2.45) is 5.92 Å². The molecular formula is C11H18N4O. The molecule has 16 heavy (non-hydrogen) atoms. The predicted molar refractivity (Wildman–Crippen MR) is 61.9 cm³/mol. The number of nitrogen functional groups attached to an aromatic ring is 1. The highest BCUT2D eigenvalue weighted by Gasteiger charge is 2.21. The number of anilines is 1. The topological polar surface area (TPSA) is 75.0 Å². The minimum absolute atomic E-state index is 0.0434. The molecule has 0 saturated heterocycles. The Morgan fingerprint density at radius 3 is 2.88 bits per heavy atom. The van der Waals surface area contributed by atoms with Gasteiger partial charge in [-0.1, -0.05) is 12.8 Å². The number of aromatic amines is 1. The third kappa shape index (κ3) is 2.18. The third-order valence-electron chi connectivity index (χ3n) is 3.25. The van der Waals surface area contributed by atoms with Gasteiger partial charge in [-0.3, -0.25) is 9.89 Å². The number of nitrogens with two attached hydrogens (primary N) is 1. The minimum Gasteiger partial charge on any atom is -0.383 e. The highest BCUT2D eigenvalue weighted by molar-refractivity contribution is 5.97. The van der Waals surface area contributed by atoms with E-state index in [1.165, 1.54) is 31.9 Å². The van der Waals surface area contributed by atoms with Crippen LogP contribution in [0.4, 0.5) is 5.82 Å². The molecule has 88 valence electrons. The van der Waals surface area contributed by atoms with E-state index in [2.05, 4.69) is 10.2 Å². The Balaban J connectivity index is 1.96. The molecule has 1 heterocycles. The van der Waals surface area contributed by atoms with Gasteiger partial charge in [0.1, 0.15) is 11.4 Å². The molecule has 1 aromatic rings. The Morgan fingerprint density at radius 2 is 2.31 bits per heavy atom. The van der Waals surface area contributed by atoms with Crippen LogP contribution < -0.4 is 5.73 Å². The van der Waals surface area contributed by atoms with E-state index in [-0.39, 0.29) is 5.91 Å². The fourth-order valence-corrected chi connectivity index (χ4v) is 2.34. The first-order chi connectivity index (χ1) is 7.68. The average Bonchev–Trinajstić information content (AvgIpc) is 2.88. The van der Waals surface area contributed by atoms with Crippen LogP contribution in [0, 0.1) is 5.92 Å². The van der Waals surface area contributed by atoms with Gasteiger partial charge in [-0.25, -0.2) is 0 Å². The second kappa shape index (κ2) is 4.55. The van der Waals surface area contributed by atoms with Crippen LogP contribution >= 0.6 is 0 Å². The number of aromatic nitrogens is 2. The van der Waals surface area contributed by atoms with E-state index in [9.17, 15) is 4.79 Å². The zero-order valence-corrected chi connectivity index (χ0v) is 9.57. The summed E-state index contributed by atoms with van der Waals surface area (Å²) in [6.07, 6.45) is 6.54. The largest absolute Gasteiger partial charge is 0.383 e. The van der Waals surface area contributed by atoms with E-state index in [1.54, 1.807) is 4.90 Å². The van der Waals surface area contributed by atoms with E-state index < -0.39 is 0 Å². The first-order valence-electron chi connectivity index (χ1n) is 5.73. The fourth-order valence-electron chi connectivity index (χ4n) is 2.34. The lowest BCUT2D eigenvalue weighted by Gasteiger charge is -2.20. The van der Waals surface area contributed by atoms with Crippen molar-refractivity contribution in [2.45, 2.75) is 25.7 Å². The number of carbonyl (C=O) groups excluding carboxylic acids is 1. The molecule has 1 aliphatic rings. The second-order valence-electron chi connectivity index (χ2n) is 4.53. The lowest BCUT2D eigenvalue weighted by Crippen LogP contribution is -2.31. The molecule has 5 heteroatoms. The van der Waals surface area contributed by atoms with E-state index in [4.69, 9.17) is 5.73 Å². The van der Waals surface area contributed by atoms with Crippen molar-refractivity contribution >= 4 is 11.7 Å². The number of hydrogen-bond donors (Lipinski definition) is 2. The summed E-state index contributed by atoms with van der Waals surface area (Å²) in [6, 6.07) is 0. The van der Waals surface area contributed by atoms with Crippen molar-refractivity contribution in [3.8, 4) is 0 Å². The summed E-state index contributed by atoms with van der Waals surface area (Å²) in [6.45, 7) is 0.823. The summed E-state index contributed by atoms with van der Waals surface area (Å²) < 4.78 is 0. The van der Waals surface area contributed by atoms with Crippen LogP contribution in [0.5, 0.6) is 0 Å². The maximum atomic E-state index is 12.0. The average molecular weight is 222 g/mol. The molecule has 5 nitrogen and oxygen atoms in total. The summed E-state index contributed by atoms with van der Waals surface area (Å²) in [5.41, 5.74) is 6.09. The Kier molecular flexibility index (Phi) is 3.12. The van der Waals surface area contributed by atoms with Gasteiger partial charge in [0.25, 0.3) is 5.91 Å². The van der Waals surface area contributed by atoms with Gasteiger partial charge in [-0.15, -0.1) is 0 Å². The molecule has 3 N–H and O–H groups in total. The molecule has 1 aromatic heterocycles. The van der Waals surface area contributed by atoms with Gasteiger partial charge in [0.15, 0.2) is 0 Å². The highest BCUT2D eigenvalue weighted by Crippen LogP contribution is 2.25. The summed E-state index contributed by atoms with van der Waals surface area (Å²) in [5.74, 6) is 0.962. The maximum absolute atomic E-state index is 12.0. The van der Waals surface area contributed by atoms with Crippen molar-refractivity contribution in [2.75, 3.05) is 19.3 Å². The van der Waals surface area contributed by atoms with Crippen LogP contribution in [0.1, 0.15) is 36.0 Å². The molecule has 0 atom stereocenters. The summed E-state index contributed by atoms with van der Waals surface area (Å²) >= 11 is 0. The fraction of sp³-hybridized carbons (Fsp3) is 0.636. The molecular weight excluding hydrogens is 204 g/mol. The molecule has 0 bridgehead atoms. The molecule has 0 aliphatic heterocycles. The number of nitrogens with one attached hydrogen (secondary N) is 1. The predicted octanol–water partition coefficient (Wildman–Crippen LogP) is 1.25. The molecule has 1 amide bonds. The monoisotopic (exact) mass is 222 g/mol. The first-order valence-corrected chi connectivity index (χ1v) is 5.73. The SMILES string of the molecule is CN(CC1CCCC1)C(=O)c1cn[nH]c1N. The Hall–Kier alpha value is -1.52. The van der Waals surface area contributed by atoms with Gasteiger partial charge in [-0.05, 0) is 18.8 Å². The summed E-state index contributed by atoms with van der Waals surface area (Å²) in [7, 11) is 1.83. The van der Waals surface area contributed by atoms with Gasteiger partial charge in [0.05, 0.1) is 6.20 Å². The standard InChI is InChI=1S/C11H18N4O/c1-15(7-8-4-2-3-5-8)11(16)9-6-13-14-10(9)12/h6,8H,2-5,7H2,1H3,(H3,12,13,14). The molecule has 2 rings (SSSR count). The van der Waals surface area contributed by atoms with Crippen LogP contribution in [0.15, 0.2) is 6.20 Å². The van der Waals surface area contributed by atoms with Gasteiger partial charge < -0.3 is 10.6 Å².